The predicted octanol–water partition coefficient (Wildman–Crippen LogP) is 4.01. The van der Waals surface area contributed by atoms with E-state index in [0.29, 0.717) is 5.92 Å². The van der Waals surface area contributed by atoms with Crippen LogP contribution in [0.2, 0.25) is 0 Å². The number of hydrogen-bond donors (Lipinski definition) is 1. The fourth-order valence-electron chi connectivity index (χ4n) is 4.56. The lowest BCUT2D eigenvalue weighted by atomic mass is 9.60. The molecule has 3 atom stereocenters. The third kappa shape index (κ3) is 2.38. The van der Waals surface area contributed by atoms with Gasteiger partial charge in [0.2, 0.25) is 0 Å². The van der Waals surface area contributed by atoms with Gasteiger partial charge < -0.3 is 9.84 Å². The van der Waals surface area contributed by atoms with E-state index < -0.39 is 0 Å². The van der Waals surface area contributed by atoms with E-state index in [1.54, 1.807) is 7.11 Å². The third-order valence-corrected chi connectivity index (χ3v) is 5.88. The quantitative estimate of drug-likeness (QED) is 0.891. The summed E-state index contributed by atoms with van der Waals surface area (Å²) in [5, 5.41) is 11.0. The molecule has 21 heavy (non-hydrogen) atoms. The van der Waals surface area contributed by atoms with Crippen molar-refractivity contribution in [2.24, 2.45) is 5.92 Å². The molecule has 1 aromatic carbocycles. The van der Waals surface area contributed by atoms with Crippen LogP contribution in [0.25, 0.3) is 0 Å². The summed E-state index contributed by atoms with van der Waals surface area (Å²) in [5.41, 5.74) is 4.16. The minimum Gasteiger partial charge on any atom is -0.497 e. The average molecular weight is 288 g/mol. The Hall–Kier alpha value is -1.02. The Labute approximate surface area is 128 Å². The fourth-order valence-corrected chi connectivity index (χ4v) is 4.56. The lowest BCUT2D eigenvalue weighted by molar-refractivity contribution is 0.00865. The van der Waals surface area contributed by atoms with Crippen LogP contribution in [0.3, 0.4) is 0 Å². The molecule has 0 aromatic heterocycles. The molecule has 1 aromatic rings. The standard InChI is InChI=1S/C19H28O2/c1-4-13-10-15(21-3)12-17-16(13)11-14-8-6-5-7-9-19(17,2)18(14)20/h10,12,14,18,20H,4-9,11H2,1-3H3. The molecule has 2 heteroatoms. The highest BCUT2D eigenvalue weighted by molar-refractivity contribution is 5.49. The first-order chi connectivity index (χ1) is 10.1. The maximum Gasteiger partial charge on any atom is 0.119 e. The summed E-state index contributed by atoms with van der Waals surface area (Å²) in [4.78, 5) is 0. The molecule has 2 aliphatic carbocycles. The maximum absolute atomic E-state index is 11.0. The molecule has 0 amide bonds. The minimum absolute atomic E-state index is 0.100. The maximum atomic E-state index is 11.0. The Morgan fingerprint density at radius 3 is 2.81 bits per heavy atom. The summed E-state index contributed by atoms with van der Waals surface area (Å²) in [6.07, 6.45) is 7.93. The van der Waals surface area contributed by atoms with Crippen molar-refractivity contribution >= 4 is 0 Å². The van der Waals surface area contributed by atoms with Crippen molar-refractivity contribution in [3.05, 3.63) is 28.8 Å². The summed E-state index contributed by atoms with van der Waals surface area (Å²) in [7, 11) is 1.74. The van der Waals surface area contributed by atoms with Gasteiger partial charge in [0.25, 0.3) is 0 Å². The number of aliphatic hydroxyl groups excluding tert-OH is 1. The second-order valence-corrected chi connectivity index (χ2v) is 7.09. The summed E-state index contributed by atoms with van der Waals surface area (Å²) in [6, 6.07) is 4.38. The molecule has 3 rings (SSSR count). The SMILES string of the molecule is CCc1cc(OC)cc2c1CC1CCCCCC2(C)C1O. The number of aryl methyl sites for hydroxylation is 1. The van der Waals surface area contributed by atoms with E-state index in [1.807, 2.05) is 0 Å². The first-order valence-corrected chi connectivity index (χ1v) is 8.48. The van der Waals surface area contributed by atoms with Gasteiger partial charge in [0.15, 0.2) is 0 Å². The zero-order chi connectivity index (χ0) is 15.0. The van der Waals surface area contributed by atoms with Gasteiger partial charge in [-0.25, -0.2) is 0 Å². The molecule has 0 radical (unpaired) electrons. The van der Waals surface area contributed by atoms with Crippen molar-refractivity contribution in [2.75, 3.05) is 7.11 Å². The Kier molecular flexibility index (Phi) is 4.00. The van der Waals surface area contributed by atoms with Crippen LogP contribution in [0.1, 0.15) is 62.6 Å². The molecular formula is C19H28O2. The highest BCUT2D eigenvalue weighted by Gasteiger charge is 2.45. The van der Waals surface area contributed by atoms with Crippen molar-refractivity contribution in [2.45, 2.75) is 70.3 Å². The molecule has 0 aliphatic heterocycles. The van der Waals surface area contributed by atoms with Crippen LogP contribution in [0.15, 0.2) is 12.1 Å². The number of fused-ring (bicyclic) bond motifs is 4. The van der Waals surface area contributed by atoms with Gasteiger partial charge in [-0.1, -0.05) is 33.1 Å². The van der Waals surface area contributed by atoms with Gasteiger partial charge in [0.1, 0.15) is 5.75 Å². The summed E-state index contributed by atoms with van der Waals surface area (Å²) in [5.74, 6) is 1.38. The highest BCUT2D eigenvalue weighted by Crippen LogP contribution is 2.48. The molecule has 2 aliphatic rings. The van der Waals surface area contributed by atoms with Crippen molar-refractivity contribution in [1.29, 1.82) is 0 Å². The average Bonchev–Trinajstić information content (AvgIpc) is 2.50. The molecule has 1 fully saturated rings. The molecule has 1 N–H and O–H groups in total. The lowest BCUT2D eigenvalue weighted by Crippen LogP contribution is -2.47. The van der Waals surface area contributed by atoms with E-state index in [4.69, 9.17) is 4.74 Å². The third-order valence-electron chi connectivity index (χ3n) is 5.88. The normalized spacial score (nSPS) is 32.0. The molecular weight excluding hydrogens is 260 g/mol. The van der Waals surface area contributed by atoms with Crippen LogP contribution in [-0.2, 0) is 18.3 Å². The Morgan fingerprint density at radius 1 is 1.29 bits per heavy atom. The van der Waals surface area contributed by atoms with Gasteiger partial charge >= 0.3 is 0 Å². The van der Waals surface area contributed by atoms with Gasteiger partial charge in [-0.05, 0) is 60.4 Å². The fraction of sp³-hybridized carbons (Fsp3) is 0.684. The minimum atomic E-state index is -0.206. The zero-order valence-electron chi connectivity index (χ0n) is 13.6. The van der Waals surface area contributed by atoms with E-state index in [9.17, 15) is 5.11 Å². The number of ether oxygens (including phenoxy) is 1. The summed E-state index contributed by atoms with van der Waals surface area (Å²) >= 11 is 0. The number of methoxy groups -OCH3 is 1. The van der Waals surface area contributed by atoms with Gasteiger partial charge in [-0.2, -0.15) is 0 Å². The van der Waals surface area contributed by atoms with Crippen molar-refractivity contribution in [3.63, 3.8) is 0 Å². The second kappa shape index (κ2) is 5.64. The monoisotopic (exact) mass is 288 g/mol. The second-order valence-electron chi connectivity index (χ2n) is 7.09. The number of rotatable bonds is 2. The molecule has 0 heterocycles. The van der Waals surface area contributed by atoms with E-state index in [2.05, 4.69) is 26.0 Å². The van der Waals surface area contributed by atoms with E-state index >= 15 is 0 Å². The first-order valence-electron chi connectivity index (χ1n) is 8.48. The molecule has 3 unspecified atom stereocenters. The van der Waals surface area contributed by atoms with Crippen molar-refractivity contribution < 1.29 is 9.84 Å². The van der Waals surface area contributed by atoms with E-state index in [0.717, 1.165) is 25.0 Å². The first kappa shape index (κ1) is 14.9. The molecule has 116 valence electrons. The number of hydrogen-bond acceptors (Lipinski definition) is 2. The lowest BCUT2D eigenvalue weighted by Gasteiger charge is -2.47. The van der Waals surface area contributed by atoms with Gasteiger partial charge in [0, 0.05) is 5.41 Å². The zero-order valence-corrected chi connectivity index (χ0v) is 13.6. The Bertz CT molecular complexity index is 523. The Morgan fingerprint density at radius 2 is 2.10 bits per heavy atom. The van der Waals surface area contributed by atoms with E-state index in [-0.39, 0.29) is 11.5 Å². The number of aliphatic hydroxyl groups is 1. The van der Waals surface area contributed by atoms with Crippen LogP contribution in [0, 0.1) is 5.92 Å². The van der Waals surface area contributed by atoms with Crippen molar-refractivity contribution in [1.82, 2.24) is 0 Å². The molecule has 2 nitrogen and oxygen atoms in total. The molecule has 2 bridgehead atoms. The Balaban J connectivity index is 2.17. The topological polar surface area (TPSA) is 29.5 Å². The summed E-state index contributed by atoms with van der Waals surface area (Å²) < 4.78 is 5.52. The summed E-state index contributed by atoms with van der Waals surface area (Å²) in [6.45, 7) is 4.49. The van der Waals surface area contributed by atoms with Crippen LogP contribution >= 0.6 is 0 Å². The molecule has 0 saturated heterocycles. The van der Waals surface area contributed by atoms with Crippen LogP contribution in [-0.4, -0.2) is 18.3 Å². The van der Waals surface area contributed by atoms with Gasteiger partial charge in [-0.15, -0.1) is 0 Å². The van der Waals surface area contributed by atoms with Crippen LogP contribution in [0.4, 0.5) is 0 Å². The molecule has 1 saturated carbocycles. The van der Waals surface area contributed by atoms with Gasteiger partial charge in [0.05, 0.1) is 13.2 Å². The van der Waals surface area contributed by atoms with Crippen molar-refractivity contribution in [3.8, 4) is 5.75 Å². The predicted molar refractivity (Wildman–Crippen MR) is 86.0 cm³/mol. The smallest absolute Gasteiger partial charge is 0.119 e. The van der Waals surface area contributed by atoms with Crippen LogP contribution < -0.4 is 4.74 Å². The van der Waals surface area contributed by atoms with E-state index in [1.165, 1.54) is 42.4 Å². The number of benzene rings is 1. The van der Waals surface area contributed by atoms with Crippen LogP contribution in [0.5, 0.6) is 5.75 Å². The highest BCUT2D eigenvalue weighted by atomic mass is 16.5. The molecule has 0 spiro atoms. The largest absolute Gasteiger partial charge is 0.497 e. The van der Waals surface area contributed by atoms with Gasteiger partial charge in [-0.3, -0.25) is 0 Å².